The maximum absolute atomic E-state index is 6.90. The van der Waals surface area contributed by atoms with Gasteiger partial charge in [-0.05, 0) is 10.1 Å². The minimum atomic E-state index is 0. The van der Waals surface area contributed by atoms with E-state index in [4.69, 9.17) is 10.5 Å². The van der Waals surface area contributed by atoms with E-state index in [1.54, 1.807) is 0 Å². The Morgan fingerprint density at radius 3 is 1.20 bits per heavy atom. The SMILES string of the molecule is OOOO.[W]. The first kappa shape index (κ1) is 9.11. The van der Waals surface area contributed by atoms with Gasteiger partial charge in [0.05, 0.1) is 0 Å². The van der Waals surface area contributed by atoms with Crippen LogP contribution in [0.4, 0.5) is 0 Å². The van der Waals surface area contributed by atoms with E-state index < -0.39 is 0 Å². The van der Waals surface area contributed by atoms with Gasteiger partial charge in [-0.15, -0.1) is 0 Å². The third-order valence-electron chi connectivity index (χ3n) is 0.0333. The van der Waals surface area contributed by atoms with Gasteiger partial charge in [0.2, 0.25) is 0 Å². The quantitative estimate of drug-likeness (QED) is 0.503. The van der Waals surface area contributed by atoms with E-state index in [-0.39, 0.29) is 21.1 Å². The molecule has 0 bridgehead atoms. The molecule has 0 radical (unpaired) electrons. The van der Waals surface area contributed by atoms with Crippen LogP contribution in [-0.2, 0) is 31.1 Å². The van der Waals surface area contributed by atoms with Crippen molar-refractivity contribution in [3.63, 3.8) is 0 Å². The monoisotopic (exact) mass is 250 g/mol. The number of rotatable bonds is 1. The van der Waals surface area contributed by atoms with Gasteiger partial charge in [0.1, 0.15) is 0 Å². The van der Waals surface area contributed by atoms with Crippen LogP contribution in [0.1, 0.15) is 0 Å². The van der Waals surface area contributed by atoms with E-state index in [2.05, 4.69) is 10.1 Å². The van der Waals surface area contributed by atoms with Crippen LogP contribution in [0.5, 0.6) is 0 Å². The zero-order valence-corrected chi connectivity index (χ0v) is 5.05. The maximum atomic E-state index is 6.90. The third kappa shape index (κ3) is 12.4. The van der Waals surface area contributed by atoms with Gasteiger partial charge in [0.15, 0.2) is 0 Å². The topological polar surface area (TPSA) is 58.9 Å². The minimum absolute atomic E-state index is 0. The average molecular weight is 250 g/mol. The van der Waals surface area contributed by atoms with Gasteiger partial charge in [-0.1, -0.05) is 0 Å². The van der Waals surface area contributed by atoms with Crippen LogP contribution in [0.3, 0.4) is 0 Å². The van der Waals surface area contributed by atoms with Crippen molar-refractivity contribution in [2.45, 2.75) is 0 Å². The number of hydrogen-bond donors (Lipinski definition) is 2. The molecule has 0 rings (SSSR count). The Balaban J connectivity index is 0. The Morgan fingerprint density at radius 2 is 1.20 bits per heavy atom. The number of hydrogen-bond acceptors (Lipinski definition) is 4. The second kappa shape index (κ2) is 8.82. The van der Waals surface area contributed by atoms with E-state index in [0.717, 1.165) is 0 Å². The van der Waals surface area contributed by atoms with Crippen molar-refractivity contribution in [1.29, 1.82) is 0 Å². The summed E-state index contributed by atoms with van der Waals surface area (Å²) in [6.45, 7) is 0. The van der Waals surface area contributed by atoms with Crippen molar-refractivity contribution < 1.29 is 41.7 Å². The summed E-state index contributed by atoms with van der Waals surface area (Å²) in [7, 11) is 0. The second-order valence-corrected chi connectivity index (χ2v) is 0.149. The van der Waals surface area contributed by atoms with E-state index in [9.17, 15) is 0 Å². The molecule has 0 atom stereocenters. The molecule has 0 amide bonds. The minimum Gasteiger partial charge on any atom is -0.219 e. The van der Waals surface area contributed by atoms with Gasteiger partial charge < -0.3 is 0 Å². The molecule has 0 spiro atoms. The summed E-state index contributed by atoms with van der Waals surface area (Å²) in [6.07, 6.45) is 0. The molecule has 0 aromatic carbocycles. The van der Waals surface area contributed by atoms with Crippen LogP contribution in [0.15, 0.2) is 0 Å². The van der Waals surface area contributed by atoms with Crippen LogP contribution in [-0.4, -0.2) is 10.5 Å². The maximum Gasteiger partial charge on any atom is 0 e. The van der Waals surface area contributed by atoms with Gasteiger partial charge >= 0.3 is 0 Å². The Bertz CT molecular complexity index is 5.61. The molecule has 0 aromatic rings. The van der Waals surface area contributed by atoms with Crippen LogP contribution in [0.25, 0.3) is 0 Å². The standard InChI is InChI=1S/H2O4.W/c1-3-4-2;/h1-2H;. The smallest absolute Gasteiger partial charge is 0 e. The van der Waals surface area contributed by atoms with Gasteiger partial charge in [-0.2, -0.15) is 0 Å². The van der Waals surface area contributed by atoms with Crippen molar-refractivity contribution in [2.75, 3.05) is 0 Å². The predicted molar refractivity (Wildman–Crippen MR) is 7.43 cm³/mol. The van der Waals surface area contributed by atoms with Crippen LogP contribution >= 0.6 is 0 Å². The Kier molecular flexibility index (Phi) is 16.1. The van der Waals surface area contributed by atoms with Crippen molar-refractivity contribution in [3.8, 4) is 0 Å². The molecular weight excluding hydrogens is 248 g/mol. The summed E-state index contributed by atoms with van der Waals surface area (Å²) in [5.41, 5.74) is 0. The summed E-state index contributed by atoms with van der Waals surface area (Å²) < 4.78 is 0. The summed E-state index contributed by atoms with van der Waals surface area (Å²) in [5, 5.41) is 19.0. The predicted octanol–water partition coefficient (Wildman–Crippen LogP) is -0.122. The van der Waals surface area contributed by atoms with E-state index in [1.807, 2.05) is 0 Å². The molecule has 0 saturated carbocycles. The van der Waals surface area contributed by atoms with Gasteiger partial charge in [0, 0.05) is 21.1 Å². The first-order valence-electron chi connectivity index (χ1n) is 0.532. The molecule has 0 aliphatic heterocycles. The van der Waals surface area contributed by atoms with Gasteiger partial charge in [-0.25, -0.2) is 10.5 Å². The van der Waals surface area contributed by atoms with Crippen molar-refractivity contribution in [3.05, 3.63) is 0 Å². The fourth-order valence-corrected chi connectivity index (χ4v) is 0. The Labute approximate surface area is 42.4 Å². The first-order valence-corrected chi connectivity index (χ1v) is 0.532. The first-order chi connectivity index (χ1) is 1.91. The van der Waals surface area contributed by atoms with Crippen LogP contribution < -0.4 is 0 Å². The molecule has 0 aliphatic carbocycles. The molecule has 0 unspecified atom stereocenters. The molecule has 0 heterocycles. The molecule has 0 aliphatic rings. The fourth-order valence-electron chi connectivity index (χ4n) is 0. The van der Waals surface area contributed by atoms with E-state index >= 15 is 0 Å². The molecular formula is H2O4W. The Morgan fingerprint density at radius 1 is 1.00 bits per heavy atom. The van der Waals surface area contributed by atoms with Crippen LogP contribution in [0.2, 0.25) is 0 Å². The van der Waals surface area contributed by atoms with Gasteiger partial charge in [0.25, 0.3) is 0 Å². The van der Waals surface area contributed by atoms with Crippen LogP contribution in [0, 0.1) is 0 Å². The molecule has 5 heavy (non-hydrogen) atoms. The molecule has 4 nitrogen and oxygen atoms in total. The second-order valence-electron chi connectivity index (χ2n) is 0.149. The average Bonchev–Trinajstić information content (AvgIpc) is 1.37. The zero-order valence-electron chi connectivity index (χ0n) is 2.12. The molecule has 0 saturated heterocycles. The molecule has 32 valence electrons. The zero-order chi connectivity index (χ0) is 3.41. The Hall–Kier alpha value is 0.528. The van der Waals surface area contributed by atoms with Crippen molar-refractivity contribution in [2.24, 2.45) is 0 Å². The molecule has 0 aromatic heterocycles. The molecule has 0 fully saturated rings. The molecule has 2 N–H and O–H groups in total. The van der Waals surface area contributed by atoms with E-state index in [1.165, 1.54) is 0 Å². The normalized spacial score (nSPS) is 6.00. The molecule has 5 heteroatoms. The van der Waals surface area contributed by atoms with Crippen molar-refractivity contribution in [1.82, 2.24) is 0 Å². The summed E-state index contributed by atoms with van der Waals surface area (Å²) in [4.78, 5) is 0. The third-order valence-corrected chi connectivity index (χ3v) is 0.0333. The summed E-state index contributed by atoms with van der Waals surface area (Å²) >= 11 is 0. The van der Waals surface area contributed by atoms with E-state index in [0.29, 0.717) is 0 Å². The summed E-state index contributed by atoms with van der Waals surface area (Å²) in [6, 6.07) is 0. The van der Waals surface area contributed by atoms with Crippen molar-refractivity contribution >= 4 is 0 Å². The van der Waals surface area contributed by atoms with Gasteiger partial charge in [-0.3, -0.25) is 0 Å². The fraction of sp³-hybridized carbons (Fsp3) is 0. The largest absolute Gasteiger partial charge is 0.219 e. The summed E-state index contributed by atoms with van der Waals surface area (Å²) in [5.74, 6) is 0.